The highest BCUT2D eigenvalue weighted by Crippen LogP contribution is 2.22. The SMILES string of the molecule is CCNCc1cccnc1N1CCC(OC)CC1. The molecular weight excluding hydrogens is 226 g/mol. The number of methoxy groups -OCH3 is 1. The molecule has 0 amide bonds. The van der Waals surface area contributed by atoms with Crippen LogP contribution in [0, 0.1) is 0 Å². The molecule has 0 radical (unpaired) electrons. The molecule has 1 N–H and O–H groups in total. The fourth-order valence-electron chi connectivity index (χ4n) is 2.42. The van der Waals surface area contributed by atoms with Gasteiger partial charge in [-0.05, 0) is 25.5 Å². The van der Waals surface area contributed by atoms with Crippen LogP contribution in [0.3, 0.4) is 0 Å². The maximum absolute atomic E-state index is 5.41. The number of pyridine rings is 1. The van der Waals surface area contributed by atoms with Crippen LogP contribution in [0.2, 0.25) is 0 Å². The summed E-state index contributed by atoms with van der Waals surface area (Å²) >= 11 is 0. The van der Waals surface area contributed by atoms with E-state index in [4.69, 9.17) is 4.74 Å². The van der Waals surface area contributed by atoms with Gasteiger partial charge in [0.25, 0.3) is 0 Å². The van der Waals surface area contributed by atoms with Crippen molar-refractivity contribution in [2.24, 2.45) is 0 Å². The average Bonchev–Trinajstić information content (AvgIpc) is 2.45. The van der Waals surface area contributed by atoms with Gasteiger partial charge >= 0.3 is 0 Å². The summed E-state index contributed by atoms with van der Waals surface area (Å²) in [5.74, 6) is 1.13. The largest absolute Gasteiger partial charge is 0.381 e. The third kappa shape index (κ3) is 3.21. The maximum atomic E-state index is 5.41. The quantitative estimate of drug-likeness (QED) is 0.863. The minimum absolute atomic E-state index is 0.419. The zero-order chi connectivity index (χ0) is 12.8. The molecule has 0 aliphatic carbocycles. The van der Waals surface area contributed by atoms with Gasteiger partial charge in [0.05, 0.1) is 6.10 Å². The van der Waals surface area contributed by atoms with Crippen LogP contribution in [-0.4, -0.2) is 37.8 Å². The first-order valence-corrected chi connectivity index (χ1v) is 6.77. The maximum Gasteiger partial charge on any atom is 0.133 e. The Morgan fingerprint density at radius 2 is 2.22 bits per heavy atom. The number of piperidine rings is 1. The number of anilines is 1. The van der Waals surface area contributed by atoms with Gasteiger partial charge in [-0.25, -0.2) is 4.98 Å². The molecule has 0 spiro atoms. The summed E-state index contributed by atoms with van der Waals surface area (Å²) in [6.45, 7) is 6.08. The normalized spacial score (nSPS) is 17.1. The lowest BCUT2D eigenvalue weighted by Gasteiger charge is -2.33. The van der Waals surface area contributed by atoms with E-state index in [0.29, 0.717) is 6.10 Å². The molecular formula is C14H23N3O. The number of ether oxygens (including phenoxy) is 1. The lowest BCUT2D eigenvalue weighted by Crippen LogP contribution is -2.37. The molecule has 4 nitrogen and oxygen atoms in total. The van der Waals surface area contributed by atoms with Crippen molar-refractivity contribution in [3.05, 3.63) is 23.9 Å². The van der Waals surface area contributed by atoms with Crippen molar-refractivity contribution in [3.63, 3.8) is 0 Å². The molecule has 1 aliphatic rings. The van der Waals surface area contributed by atoms with Gasteiger partial charge in [-0.2, -0.15) is 0 Å². The molecule has 0 atom stereocenters. The van der Waals surface area contributed by atoms with Crippen LogP contribution in [0.25, 0.3) is 0 Å². The number of aromatic nitrogens is 1. The van der Waals surface area contributed by atoms with Gasteiger partial charge in [0, 0.05) is 38.5 Å². The first kappa shape index (κ1) is 13.3. The van der Waals surface area contributed by atoms with Crippen molar-refractivity contribution in [1.82, 2.24) is 10.3 Å². The van der Waals surface area contributed by atoms with Gasteiger partial charge in [0.15, 0.2) is 0 Å². The summed E-state index contributed by atoms with van der Waals surface area (Å²) < 4.78 is 5.41. The van der Waals surface area contributed by atoms with Gasteiger partial charge in [-0.15, -0.1) is 0 Å². The first-order valence-electron chi connectivity index (χ1n) is 6.77. The van der Waals surface area contributed by atoms with Crippen LogP contribution in [0.4, 0.5) is 5.82 Å². The van der Waals surface area contributed by atoms with Crippen molar-refractivity contribution < 1.29 is 4.74 Å². The molecule has 1 fully saturated rings. The highest BCUT2D eigenvalue weighted by molar-refractivity contribution is 5.47. The number of nitrogens with zero attached hydrogens (tertiary/aromatic N) is 2. The lowest BCUT2D eigenvalue weighted by atomic mass is 10.1. The molecule has 0 bridgehead atoms. The Balaban J connectivity index is 2.03. The van der Waals surface area contributed by atoms with Crippen molar-refractivity contribution in [3.8, 4) is 0 Å². The number of nitrogens with one attached hydrogen (secondary N) is 1. The van der Waals surface area contributed by atoms with Crippen molar-refractivity contribution in [2.75, 3.05) is 31.6 Å². The van der Waals surface area contributed by atoms with Crippen LogP contribution < -0.4 is 10.2 Å². The van der Waals surface area contributed by atoms with E-state index in [1.54, 1.807) is 7.11 Å². The van der Waals surface area contributed by atoms with Crippen molar-refractivity contribution >= 4 is 5.82 Å². The van der Waals surface area contributed by atoms with Crippen molar-refractivity contribution in [2.45, 2.75) is 32.4 Å². The first-order chi connectivity index (χ1) is 8.85. The Morgan fingerprint density at radius 3 is 2.89 bits per heavy atom. The highest BCUT2D eigenvalue weighted by atomic mass is 16.5. The molecule has 0 aromatic carbocycles. The van der Waals surface area contributed by atoms with E-state index in [9.17, 15) is 0 Å². The highest BCUT2D eigenvalue weighted by Gasteiger charge is 2.21. The average molecular weight is 249 g/mol. The van der Waals surface area contributed by atoms with Crippen molar-refractivity contribution in [1.29, 1.82) is 0 Å². The Kier molecular flexibility index (Phi) is 4.96. The zero-order valence-electron chi connectivity index (χ0n) is 11.4. The fourth-order valence-corrected chi connectivity index (χ4v) is 2.42. The molecule has 18 heavy (non-hydrogen) atoms. The third-order valence-electron chi connectivity index (χ3n) is 3.51. The van der Waals surface area contributed by atoms with Crippen LogP contribution in [0.15, 0.2) is 18.3 Å². The summed E-state index contributed by atoms with van der Waals surface area (Å²) in [4.78, 5) is 6.93. The second-order valence-electron chi connectivity index (χ2n) is 4.69. The number of hydrogen-bond donors (Lipinski definition) is 1. The molecule has 1 aromatic rings. The summed E-state index contributed by atoms with van der Waals surface area (Å²) in [6, 6.07) is 4.17. The third-order valence-corrected chi connectivity index (χ3v) is 3.51. The van der Waals surface area contributed by atoms with E-state index in [1.165, 1.54) is 5.56 Å². The van der Waals surface area contributed by atoms with Crippen LogP contribution >= 0.6 is 0 Å². The fraction of sp³-hybridized carbons (Fsp3) is 0.643. The molecule has 1 aliphatic heterocycles. The summed E-state index contributed by atoms with van der Waals surface area (Å²) in [5.41, 5.74) is 1.29. The predicted molar refractivity (Wildman–Crippen MR) is 73.9 cm³/mol. The molecule has 1 aromatic heterocycles. The zero-order valence-corrected chi connectivity index (χ0v) is 11.4. The molecule has 1 saturated heterocycles. The molecule has 100 valence electrons. The minimum atomic E-state index is 0.419. The molecule has 2 heterocycles. The van der Waals surface area contributed by atoms with Crippen LogP contribution in [0.1, 0.15) is 25.3 Å². The van der Waals surface area contributed by atoms with E-state index in [2.05, 4.69) is 28.2 Å². The monoisotopic (exact) mass is 249 g/mol. The van der Waals surface area contributed by atoms with Crippen LogP contribution in [-0.2, 0) is 11.3 Å². The Bertz CT molecular complexity index is 362. The second-order valence-corrected chi connectivity index (χ2v) is 4.69. The predicted octanol–water partition coefficient (Wildman–Crippen LogP) is 1.81. The van der Waals surface area contributed by atoms with Gasteiger partial charge in [-0.1, -0.05) is 13.0 Å². The van der Waals surface area contributed by atoms with E-state index in [-0.39, 0.29) is 0 Å². The van der Waals surface area contributed by atoms with Crippen LogP contribution in [0.5, 0.6) is 0 Å². The van der Waals surface area contributed by atoms with Gasteiger partial charge in [0.1, 0.15) is 5.82 Å². The topological polar surface area (TPSA) is 37.4 Å². The summed E-state index contributed by atoms with van der Waals surface area (Å²) in [7, 11) is 1.80. The second kappa shape index (κ2) is 6.71. The van der Waals surface area contributed by atoms with Gasteiger partial charge < -0.3 is 15.0 Å². The minimum Gasteiger partial charge on any atom is -0.381 e. The standard InChI is InChI=1S/C14H23N3O/c1-3-15-11-12-5-4-8-16-14(12)17-9-6-13(18-2)7-10-17/h4-5,8,13,15H,3,6-7,9-11H2,1-2H3. The number of hydrogen-bond acceptors (Lipinski definition) is 4. The smallest absolute Gasteiger partial charge is 0.133 e. The molecule has 0 unspecified atom stereocenters. The van der Waals surface area contributed by atoms with Gasteiger partial charge in [0.2, 0.25) is 0 Å². The Morgan fingerprint density at radius 1 is 1.44 bits per heavy atom. The number of rotatable bonds is 5. The Labute approximate surface area is 109 Å². The molecule has 2 rings (SSSR count). The van der Waals surface area contributed by atoms with E-state index < -0.39 is 0 Å². The summed E-state index contributed by atoms with van der Waals surface area (Å²) in [6.07, 6.45) is 4.48. The molecule has 0 saturated carbocycles. The van der Waals surface area contributed by atoms with E-state index in [0.717, 1.165) is 44.8 Å². The van der Waals surface area contributed by atoms with Gasteiger partial charge in [-0.3, -0.25) is 0 Å². The van der Waals surface area contributed by atoms with E-state index >= 15 is 0 Å². The Hall–Kier alpha value is -1.13. The molecule has 4 heteroatoms. The lowest BCUT2D eigenvalue weighted by molar-refractivity contribution is 0.0817. The van der Waals surface area contributed by atoms with E-state index in [1.807, 2.05) is 12.3 Å². The summed E-state index contributed by atoms with van der Waals surface area (Å²) in [5, 5.41) is 3.37.